The zero-order valence-electron chi connectivity index (χ0n) is 15.3. The highest BCUT2D eigenvalue weighted by Gasteiger charge is 2.38. The number of aryl methyl sites for hydroxylation is 1. The van der Waals surface area contributed by atoms with Crippen LogP contribution in [0.25, 0.3) is 0 Å². The van der Waals surface area contributed by atoms with Crippen LogP contribution < -0.4 is 0 Å². The van der Waals surface area contributed by atoms with Crippen molar-refractivity contribution in [3.05, 3.63) is 75.3 Å². The van der Waals surface area contributed by atoms with Crippen molar-refractivity contribution in [2.45, 2.75) is 31.7 Å². The molecule has 0 saturated heterocycles. The topological polar surface area (TPSA) is 74.8 Å². The Morgan fingerprint density at radius 3 is 2.89 bits per heavy atom. The molecule has 1 amide bonds. The van der Waals surface area contributed by atoms with E-state index in [1.165, 1.54) is 0 Å². The molecule has 1 aliphatic heterocycles. The van der Waals surface area contributed by atoms with Crippen LogP contribution in [0.5, 0.6) is 0 Å². The molecule has 1 N–H and O–H groups in total. The molecule has 2 aromatic heterocycles. The number of aromatic amines is 1. The third kappa shape index (κ3) is 3.03. The number of H-pyrrole nitrogens is 1. The van der Waals surface area contributed by atoms with Crippen LogP contribution in [-0.4, -0.2) is 37.7 Å². The molecule has 2 unspecified atom stereocenters. The highest BCUT2D eigenvalue weighted by atomic mass is 79.9. The predicted octanol–water partition coefficient (Wildman–Crippen LogP) is 3.51. The van der Waals surface area contributed by atoms with Crippen molar-refractivity contribution in [2.75, 3.05) is 6.54 Å². The lowest BCUT2D eigenvalue weighted by molar-refractivity contribution is 0.0682. The Labute approximate surface area is 171 Å². The standard InChI is InChI=1S/C21H20BrN5O/c22-16-6-3-9-23-18(16)11-20-14-4-1-2-5-15(14)21(28)27(20)12-13-7-8-17-19(10-13)25-26-24-17/h1-6,9,13,20H,7-8,10-12H2,(H,24,25,26). The van der Waals surface area contributed by atoms with Gasteiger partial charge < -0.3 is 4.90 Å². The quantitative estimate of drug-likeness (QED) is 0.677. The number of pyridine rings is 1. The maximum Gasteiger partial charge on any atom is 0.254 e. The Morgan fingerprint density at radius 2 is 2.00 bits per heavy atom. The molecule has 3 aromatic rings. The lowest BCUT2D eigenvalue weighted by Gasteiger charge is -2.31. The molecule has 0 spiro atoms. The second-order valence-electron chi connectivity index (χ2n) is 7.52. The number of carbonyl (C=O) groups excluding carboxylic acids is 1. The molecule has 28 heavy (non-hydrogen) atoms. The van der Waals surface area contributed by atoms with E-state index in [0.29, 0.717) is 12.3 Å². The maximum absolute atomic E-state index is 13.2. The molecule has 2 atom stereocenters. The minimum absolute atomic E-state index is 0.00797. The van der Waals surface area contributed by atoms with Gasteiger partial charge in [0.1, 0.15) is 0 Å². The molecule has 6 nitrogen and oxygen atoms in total. The van der Waals surface area contributed by atoms with Crippen LogP contribution in [0.15, 0.2) is 47.1 Å². The monoisotopic (exact) mass is 437 g/mol. The average Bonchev–Trinajstić information content (AvgIpc) is 3.28. The summed E-state index contributed by atoms with van der Waals surface area (Å²) >= 11 is 3.61. The molecular weight excluding hydrogens is 418 g/mol. The van der Waals surface area contributed by atoms with Gasteiger partial charge in [-0.15, -0.1) is 0 Å². The van der Waals surface area contributed by atoms with E-state index in [0.717, 1.165) is 58.5 Å². The van der Waals surface area contributed by atoms with E-state index >= 15 is 0 Å². The van der Waals surface area contributed by atoms with Crippen molar-refractivity contribution in [3.8, 4) is 0 Å². The molecule has 142 valence electrons. The second kappa shape index (κ2) is 7.13. The predicted molar refractivity (Wildman–Crippen MR) is 108 cm³/mol. The van der Waals surface area contributed by atoms with Crippen molar-refractivity contribution in [3.63, 3.8) is 0 Å². The zero-order chi connectivity index (χ0) is 19.1. The highest BCUT2D eigenvalue weighted by Crippen LogP contribution is 2.38. The number of halogens is 1. The van der Waals surface area contributed by atoms with Crippen molar-refractivity contribution < 1.29 is 4.79 Å². The average molecular weight is 438 g/mol. The van der Waals surface area contributed by atoms with Gasteiger partial charge in [0.2, 0.25) is 0 Å². The third-order valence-corrected chi connectivity index (χ3v) is 6.56. The molecule has 0 fully saturated rings. The van der Waals surface area contributed by atoms with Gasteiger partial charge in [0, 0.05) is 29.2 Å². The zero-order valence-corrected chi connectivity index (χ0v) is 16.9. The minimum atomic E-state index is 0.00797. The lowest BCUT2D eigenvalue weighted by Crippen LogP contribution is -2.36. The number of nitrogens with zero attached hydrogens (tertiary/aromatic N) is 4. The number of benzene rings is 1. The minimum Gasteiger partial charge on any atom is -0.331 e. The summed E-state index contributed by atoms with van der Waals surface area (Å²) in [6.45, 7) is 0.731. The molecule has 0 bridgehead atoms. The van der Waals surface area contributed by atoms with Gasteiger partial charge >= 0.3 is 0 Å². The number of nitrogens with one attached hydrogen (secondary N) is 1. The van der Waals surface area contributed by atoms with E-state index in [2.05, 4.69) is 42.4 Å². The number of hydrogen-bond acceptors (Lipinski definition) is 4. The summed E-state index contributed by atoms with van der Waals surface area (Å²) in [4.78, 5) is 19.8. The number of amides is 1. The molecular formula is C21H20BrN5O. The first-order valence-corrected chi connectivity index (χ1v) is 10.4. The summed E-state index contributed by atoms with van der Waals surface area (Å²) < 4.78 is 0.983. The first-order valence-electron chi connectivity index (χ1n) is 9.58. The lowest BCUT2D eigenvalue weighted by atomic mass is 9.89. The molecule has 7 heteroatoms. The Morgan fingerprint density at radius 1 is 1.14 bits per heavy atom. The smallest absolute Gasteiger partial charge is 0.254 e. The second-order valence-corrected chi connectivity index (χ2v) is 8.38. The van der Waals surface area contributed by atoms with Gasteiger partial charge in [-0.3, -0.25) is 9.78 Å². The van der Waals surface area contributed by atoms with E-state index < -0.39 is 0 Å². The van der Waals surface area contributed by atoms with Gasteiger partial charge in [0.15, 0.2) is 0 Å². The Bertz CT molecular complexity index is 1030. The van der Waals surface area contributed by atoms with Crippen LogP contribution >= 0.6 is 15.9 Å². The highest BCUT2D eigenvalue weighted by molar-refractivity contribution is 9.10. The first kappa shape index (κ1) is 17.6. The molecule has 1 aliphatic carbocycles. The van der Waals surface area contributed by atoms with E-state index in [1.54, 1.807) is 6.20 Å². The molecule has 2 aliphatic rings. The fraction of sp³-hybridized carbons (Fsp3) is 0.333. The fourth-order valence-corrected chi connectivity index (χ4v) is 4.83. The van der Waals surface area contributed by atoms with E-state index in [9.17, 15) is 4.79 Å². The molecule has 3 heterocycles. The Kier molecular flexibility index (Phi) is 4.47. The van der Waals surface area contributed by atoms with Gasteiger partial charge in [0.25, 0.3) is 5.91 Å². The number of carbonyl (C=O) groups is 1. The van der Waals surface area contributed by atoms with Crippen LogP contribution in [0.2, 0.25) is 0 Å². The Balaban J connectivity index is 1.44. The van der Waals surface area contributed by atoms with Gasteiger partial charge in [-0.1, -0.05) is 18.2 Å². The first-order chi connectivity index (χ1) is 13.7. The van der Waals surface area contributed by atoms with Crippen molar-refractivity contribution in [1.82, 2.24) is 25.3 Å². The number of rotatable bonds is 4. The van der Waals surface area contributed by atoms with Crippen LogP contribution in [0, 0.1) is 5.92 Å². The van der Waals surface area contributed by atoms with E-state index in [-0.39, 0.29) is 11.9 Å². The van der Waals surface area contributed by atoms with Crippen molar-refractivity contribution in [2.24, 2.45) is 5.92 Å². The van der Waals surface area contributed by atoms with E-state index in [1.807, 2.05) is 35.2 Å². The number of hydrogen-bond donors (Lipinski definition) is 1. The SMILES string of the molecule is O=C1c2ccccc2C(Cc2ncccc2Br)N1CC1CCc2n[nH]nc2C1. The van der Waals surface area contributed by atoms with Gasteiger partial charge in [0.05, 0.1) is 23.1 Å². The summed E-state index contributed by atoms with van der Waals surface area (Å²) in [6.07, 6.45) is 5.32. The molecule has 1 aromatic carbocycles. The van der Waals surface area contributed by atoms with E-state index in [4.69, 9.17) is 0 Å². The largest absolute Gasteiger partial charge is 0.331 e. The summed E-state index contributed by atoms with van der Waals surface area (Å²) in [5, 5.41) is 11.2. The maximum atomic E-state index is 13.2. The van der Waals surface area contributed by atoms with Gasteiger partial charge in [-0.25, -0.2) is 0 Å². The normalized spacial score (nSPS) is 20.9. The molecule has 0 radical (unpaired) electrons. The fourth-order valence-electron chi connectivity index (χ4n) is 4.42. The summed E-state index contributed by atoms with van der Waals surface area (Å²) in [6, 6.07) is 11.9. The van der Waals surface area contributed by atoms with Crippen molar-refractivity contribution in [1.29, 1.82) is 0 Å². The van der Waals surface area contributed by atoms with Gasteiger partial charge in [-0.2, -0.15) is 15.4 Å². The number of fused-ring (bicyclic) bond motifs is 2. The summed E-state index contributed by atoms with van der Waals surface area (Å²) in [7, 11) is 0. The number of aromatic nitrogens is 4. The van der Waals surface area contributed by atoms with Crippen LogP contribution in [0.1, 0.15) is 45.5 Å². The van der Waals surface area contributed by atoms with Gasteiger partial charge in [-0.05, 0) is 64.9 Å². The van der Waals surface area contributed by atoms with Crippen LogP contribution in [0.4, 0.5) is 0 Å². The van der Waals surface area contributed by atoms with Crippen molar-refractivity contribution >= 4 is 21.8 Å². The molecule has 5 rings (SSSR count). The summed E-state index contributed by atoms with van der Waals surface area (Å²) in [5.74, 6) is 0.518. The third-order valence-electron chi connectivity index (χ3n) is 5.84. The van der Waals surface area contributed by atoms with Crippen LogP contribution in [-0.2, 0) is 19.3 Å². The van der Waals surface area contributed by atoms with Crippen LogP contribution in [0.3, 0.4) is 0 Å². The summed E-state index contributed by atoms with van der Waals surface area (Å²) in [5.41, 5.74) is 5.01. The Hall–Kier alpha value is -2.54. The molecule has 0 saturated carbocycles.